The zero-order chi connectivity index (χ0) is 24.5. The number of ether oxygens (including phenoxy) is 3. The first kappa shape index (κ1) is 23.5. The molecule has 0 aliphatic carbocycles. The standard InChI is InChI=1S/C26H23N5O4/c1-33-16-25(32)28-12-3-5-18-7-9-22-21(13-18)26(30-17-29-22)31-19-8-10-23(24(14-19)34-2)35-20-6-4-11-27-15-20/h4,6-11,13-15,17H,12,16H2,1-2H3,(H,28,32)(H,29,30,31). The van der Waals surface area contributed by atoms with Gasteiger partial charge in [0, 0.05) is 36.0 Å². The second-order valence-electron chi connectivity index (χ2n) is 7.25. The fourth-order valence-corrected chi connectivity index (χ4v) is 3.21. The van der Waals surface area contributed by atoms with Crippen molar-refractivity contribution < 1.29 is 19.0 Å². The summed E-state index contributed by atoms with van der Waals surface area (Å²) in [4.78, 5) is 24.3. The highest BCUT2D eigenvalue weighted by Crippen LogP contribution is 2.35. The van der Waals surface area contributed by atoms with Crippen molar-refractivity contribution in [2.45, 2.75) is 0 Å². The molecule has 4 rings (SSSR count). The normalized spacial score (nSPS) is 10.2. The lowest BCUT2D eigenvalue weighted by molar-refractivity contribution is -0.124. The molecule has 2 N–H and O–H groups in total. The summed E-state index contributed by atoms with van der Waals surface area (Å²) in [5.41, 5.74) is 2.30. The first-order valence-electron chi connectivity index (χ1n) is 10.7. The number of anilines is 2. The predicted octanol–water partition coefficient (Wildman–Crippen LogP) is 3.68. The summed E-state index contributed by atoms with van der Waals surface area (Å²) in [7, 11) is 3.05. The van der Waals surface area contributed by atoms with Crippen LogP contribution in [0.1, 0.15) is 5.56 Å². The van der Waals surface area contributed by atoms with Gasteiger partial charge in [-0.05, 0) is 42.5 Å². The molecular weight excluding hydrogens is 446 g/mol. The van der Waals surface area contributed by atoms with Crippen molar-refractivity contribution in [1.29, 1.82) is 0 Å². The van der Waals surface area contributed by atoms with E-state index < -0.39 is 0 Å². The first-order valence-corrected chi connectivity index (χ1v) is 10.7. The number of methoxy groups -OCH3 is 2. The van der Waals surface area contributed by atoms with E-state index in [2.05, 4.69) is 37.4 Å². The summed E-state index contributed by atoms with van der Waals surface area (Å²) in [5, 5.41) is 6.79. The quantitative estimate of drug-likeness (QED) is 0.376. The smallest absolute Gasteiger partial charge is 0.246 e. The van der Waals surface area contributed by atoms with E-state index in [9.17, 15) is 4.79 Å². The minimum Gasteiger partial charge on any atom is -0.493 e. The van der Waals surface area contributed by atoms with E-state index in [0.29, 0.717) is 23.1 Å². The number of nitrogens with one attached hydrogen (secondary N) is 2. The van der Waals surface area contributed by atoms with Crippen molar-refractivity contribution in [3.8, 4) is 29.1 Å². The minimum atomic E-state index is -0.215. The van der Waals surface area contributed by atoms with Crippen LogP contribution in [0.2, 0.25) is 0 Å². The van der Waals surface area contributed by atoms with E-state index in [1.165, 1.54) is 13.4 Å². The number of carbonyl (C=O) groups is 1. The van der Waals surface area contributed by atoms with Gasteiger partial charge in [0.05, 0.1) is 25.4 Å². The Morgan fingerprint density at radius 3 is 2.77 bits per heavy atom. The maximum absolute atomic E-state index is 11.5. The highest BCUT2D eigenvalue weighted by atomic mass is 16.5. The maximum Gasteiger partial charge on any atom is 0.246 e. The number of hydrogen-bond donors (Lipinski definition) is 2. The molecule has 0 aliphatic rings. The molecule has 0 spiro atoms. The summed E-state index contributed by atoms with van der Waals surface area (Å²) in [6.07, 6.45) is 4.81. The van der Waals surface area contributed by atoms with Crippen LogP contribution >= 0.6 is 0 Å². The van der Waals surface area contributed by atoms with E-state index in [1.54, 1.807) is 25.6 Å². The van der Waals surface area contributed by atoms with E-state index in [0.717, 1.165) is 22.2 Å². The van der Waals surface area contributed by atoms with Crippen molar-refractivity contribution in [3.05, 3.63) is 72.8 Å². The molecule has 0 atom stereocenters. The highest BCUT2D eigenvalue weighted by molar-refractivity contribution is 5.91. The van der Waals surface area contributed by atoms with Gasteiger partial charge >= 0.3 is 0 Å². The van der Waals surface area contributed by atoms with E-state index in [-0.39, 0.29) is 19.1 Å². The van der Waals surface area contributed by atoms with Crippen LogP contribution < -0.4 is 20.1 Å². The topological polar surface area (TPSA) is 107 Å². The second kappa shape index (κ2) is 11.4. The number of carbonyl (C=O) groups excluding carboxylic acids is 1. The molecule has 176 valence electrons. The van der Waals surface area contributed by atoms with Crippen LogP contribution in [0.25, 0.3) is 10.9 Å². The van der Waals surface area contributed by atoms with Gasteiger partial charge in [-0.2, -0.15) is 0 Å². The Bertz CT molecular complexity index is 1380. The van der Waals surface area contributed by atoms with Crippen LogP contribution in [-0.4, -0.2) is 48.2 Å². The summed E-state index contributed by atoms with van der Waals surface area (Å²) < 4.78 is 16.2. The van der Waals surface area contributed by atoms with Crippen molar-refractivity contribution in [3.63, 3.8) is 0 Å². The number of aromatic nitrogens is 3. The summed E-state index contributed by atoms with van der Waals surface area (Å²) in [6, 6.07) is 14.8. The molecule has 35 heavy (non-hydrogen) atoms. The number of pyridine rings is 1. The average Bonchev–Trinajstić information content (AvgIpc) is 2.88. The molecule has 0 aliphatic heterocycles. The third kappa shape index (κ3) is 6.22. The largest absolute Gasteiger partial charge is 0.493 e. The van der Waals surface area contributed by atoms with E-state index >= 15 is 0 Å². The lowest BCUT2D eigenvalue weighted by Gasteiger charge is -2.13. The Morgan fingerprint density at radius 1 is 1.06 bits per heavy atom. The number of hydrogen-bond acceptors (Lipinski definition) is 8. The molecule has 9 nitrogen and oxygen atoms in total. The monoisotopic (exact) mass is 469 g/mol. The molecule has 9 heteroatoms. The number of nitrogens with zero attached hydrogens (tertiary/aromatic N) is 3. The zero-order valence-electron chi connectivity index (χ0n) is 19.2. The van der Waals surface area contributed by atoms with Gasteiger partial charge in [0.1, 0.15) is 24.5 Å². The zero-order valence-corrected chi connectivity index (χ0v) is 19.2. The average molecular weight is 470 g/mol. The number of benzene rings is 2. The Kier molecular flexibility index (Phi) is 7.68. The summed E-state index contributed by atoms with van der Waals surface area (Å²) in [5.74, 6) is 8.11. The molecule has 0 saturated heterocycles. The molecule has 0 saturated carbocycles. The Hall–Kier alpha value is -4.68. The van der Waals surface area contributed by atoms with Gasteiger partial charge in [-0.25, -0.2) is 9.97 Å². The Labute approximate surface area is 202 Å². The van der Waals surface area contributed by atoms with Gasteiger partial charge < -0.3 is 24.8 Å². The molecule has 0 bridgehead atoms. The second-order valence-corrected chi connectivity index (χ2v) is 7.25. The van der Waals surface area contributed by atoms with Crippen LogP contribution in [0.3, 0.4) is 0 Å². The van der Waals surface area contributed by atoms with Crippen LogP contribution in [0.4, 0.5) is 11.5 Å². The van der Waals surface area contributed by atoms with Crippen LogP contribution in [-0.2, 0) is 9.53 Å². The third-order valence-electron chi connectivity index (χ3n) is 4.81. The molecule has 4 aromatic rings. The molecular formula is C26H23N5O4. The van der Waals surface area contributed by atoms with Gasteiger partial charge in [0.15, 0.2) is 11.5 Å². The molecule has 2 heterocycles. The fourth-order valence-electron chi connectivity index (χ4n) is 3.21. The van der Waals surface area contributed by atoms with Crippen molar-refractivity contribution in [2.75, 3.05) is 32.7 Å². The van der Waals surface area contributed by atoms with Crippen LogP contribution in [0.15, 0.2) is 67.3 Å². The lowest BCUT2D eigenvalue weighted by atomic mass is 10.1. The van der Waals surface area contributed by atoms with Crippen LogP contribution in [0.5, 0.6) is 17.2 Å². The minimum absolute atomic E-state index is 0.00533. The molecule has 1 amide bonds. The van der Waals surface area contributed by atoms with Gasteiger partial charge in [-0.1, -0.05) is 11.8 Å². The predicted molar refractivity (Wildman–Crippen MR) is 132 cm³/mol. The molecule has 0 fully saturated rings. The number of amides is 1. The van der Waals surface area contributed by atoms with E-state index in [1.807, 2.05) is 42.5 Å². The fraction of sp³-hybridized carbons (Fsp3) is 0.154. The lowest BCUT2D eigenvalue weighted by Crippen LogP contribution is -2.27. The highest BCUT2D eigenvalue weighted by Gasteiger charge is 2.10. The SMILES string of the molecule is COCC(=O)NCC#Cc1ccc2ncnc(Nc3ccc(Oc4cccnc4)c(OC)c3)c2c1. The maximum atomic E-state index is 11.5. The van der Waals surface area contributed by atoms with E-state index in [4.69, 9.17) is 14.2 Å². The van der Waals surface area contributed by atoms with Gasteiger partial charge in [0.2, 0.25) is 5.91 Å². The van der Waals surface area contributed by atoms with Gasteiger partial charge in [-0.3, -0.25) is 9.78 Å². The Balaban J connectivity index is 1.54. The molecule has 2 aromatic carbocycles. The Morgan fingerprint density at radius 2 is 1.97 bits per heavy atom. The first-order chi connectivity index (χ1) is 17.2. The third-order valence-corrected chi connectivity index (χ3v) is 4.81. The van der Waals surface area contributed by atoms with Crippen molar-refractivity contribution in [1.82, 2.24) is 20.3 Å². The van der Waals surface area contributed by atoms with Gasteiger partial charge in [-0.15, -0.1) is 0 Å². The molecule has 0 unspecified atom stereocenters. The van der Waals surface area contributed by atoms with Crippen molar-refractivity contribution >= 4 is 28.3 Å². The molecule has 2 aromatic heterocycles. The van der Waals surface area contributed by atoms with Crippen LogP contribution in [0, 0.1) is 11.8 Å². The molecule has 0 radical (unpaired) electrons. The summed E-state index contributed by atoms with van der Waals surface area (Å²) in [6.45, 7) is 0.231. The number of rotatable bonds is 8. The number of fused-ring (bicyclic) bond motifs is 1. The summed E-state index contributed by atoms with van der Waals surface area (Å²) >= 11 is 0. The van der Waals surface area contributed by atoms with Crippen molar-refractivity contribution in [2.24, 2.45) is 0 Å². The van der Waals surface area contributed by atoms with Gasteiger partial charge in [0.25, 0.3) is 0 Å².